The molecule has 34 heavy (non-hydrogen) atoms. The third-order valence-corrected chi connectivity index (χ3v) is 7.14. The van der Waals surface area contributed by atoms with Crippen LogP contribution in [0.1, 0.15) is 66.2 Å². The molecule has 0 saturated heterocycles. The Hall–Kier alpha value is -3.20. The second-order valence-corrected chi connectivity index (χ2v) is 10.4. The predicted molar refractivity (Wildman–Crippen MR) is 134 cm³/mol. The lowest BCUT2D eigenvalue weighted by atomic mass is 10.0. The maximum absolute atomic E-state index is 13.3. The van der Waals surface area contributed by atoms with Gasteiger partial charge in [-0.05, 0) is 57.7 Å². The summed E-state index contributed by atoms with van der Waals surface area (Å²) in [4.78, 5) is 41.6. The van der Waals surface area contributed by atoms with Crippen LogP contribution in [0.4, 0.5) is 0 Å². The van der Waals surface area contributed by atoms with E-state index in [9.17, 15) is 14.4 Å². The first-order valence-electron chi connectivity index (χ1n) is 11.4. The van der Waals surface area contributed by atoms with E-state index in [4.69, 9.17) is 0 Å². The lowest BCUT2D eigenvalue weighted by Gasteiger charge is -2.13. The lowest BCUT2D eigenvalue weighted by Crippen LogP contribution is -2.24. The molecule has 8 nitrogen and oxygen atoms in total. The van der Waals surface area contributed by atoms with Crippen LogP contribution in [-0.4, -0.2) is 41.0 Å². The van der Waals surface area contributed by atoms with E-state index < -0.39 is 5.25 Å². The smallest absolute Gasteiger partial charge is 0.262 e. The van der Waals surface area contributed by atoms with Gasteiger partial charge in [0.2, 0.25) is 5.78 Å². The van der Waals surface area contributed by atoms with Gasteiger partial charge < -0.3 is 4.98 Å². The third kappa shape index (κ3) is 4.09. The van der Waals surface area contributed by atoms with Crippen LogP contribution in [0.3, 0.4) is 0 Å². The van der Waals surface area contributed by atoms with Crippen LogP contribution in [0.5, 0.6) is 0 Å². The van der Waals surface area contributed by atoms with Gasteiger partial charge in [-0.25, -0.2) is 0 Å². The molecule has 0 bridgehead atoms. The fourth-order valence-electron chi connectivity index (χ4n) is 4.34. The average molecular weight is 480 g/mol. The highest BCUT2D eigenvalue weighted by atomic mass is 32.2. The van der Waals surface area contributed by atoms with Crippen molar-refractivity contribution in [2.45, 2.75) is 64.9 Å². The average Bonchev–Trinajstić information content (AvgIpc) is 3.33. The molecule has 178 valence electrons. The van der Waals surface area contributed by atoms with Crippen molar-refractivity contribution in [1.82, 2.24) is 24.1 Å². The molecule has 1 N–H and O–H groups in total. The zero-order valence-electron chi connectivity index (χ0n) is 20.3. The number of carbonyl (C=O) groups excluding carboxylic acids is 2. The fourth-order valence-corrected chi connectivity index (χ4v) is 5.25. The molecule has 0 fully saturated rings. The first-order valence-corrected chi connectivity index (χ1v) is 12.3. The Morgan fingerprint density at radius 2 is 1.82 bits per heavy atom. The molecule has 0 aliphatic heterocycles. The molecule has 1 aromatic carbocycles. The first-order chi connectivity index (χ1) is 16.1. The van der Waals surface area contributed by atoms with Gasteiger partial charge in [-0.1, -0.05) is 37.7 Å². The number of thioether (sulfide) groups is 1. The summed E-state index contributed by atoms with van der Waals surface area (Å²) in [7, 11) is 0. The van der Waals surface area contributed by atoms with E-state index in [1.54, 1.807) is 24.5 Å². The number of nitrogens with one attached hydrogen (secondary N) is 1. The van der Waals surface area contributed by atoms with Crippen LogP contribution < -0.4 is 5.56 Å². The van der Waals surface area contributed by atoms with Crippen molar-refractivity contribution in [3.05, 3.63) is 57.1 Å². The van der Waals surface area contributed by atoms with Crippen molar-refractivity contribution < 1.29 is 9.59 Å². The molecule has 3 heterocycles. The van der Waals surface area contributed by atoms with Gasteiger partial charge in [0, 0.05) is 17.8 Å². The van der Waals surface area contributed by atoms with E-state index in [2.05, 4.69) is 29.0 Å². The maximum atomic E-state index is 13.3. The van der Waals surface area contributed by atoms with Gasteiger partial charge in [-0.15, -0.1) is 10.2 Å². The monoisotopic (exact) mass is 479 g/mol. The Morgan fingerprint density at radius 1 is 1.12 bits per heavy atom. The van der Waals surface area contributed by atoms with Crippen molar-refractivity contribution in [2.24, 2.45) is 5.92 Å². The van der Waals surface area contributed by atoms with Crippen molar-refractivity contribution in [3.63, 3.8) is 0 Å². The van der Waals surface area contributed by atoms with E-state index in [-0.39, 0.29) is 17.1 Å². The van der Waals surface area contributed by atoms with Crippen molar-refractivity contribution >= 4 is 40.0 Å². The zero-order chi connectivity index (χ0) is 24.7. The van der Waals surface area contributed by atoms with Crippen molar-refractivity contribution in [2.75, 3.05) is 0 Å². The van der Waals surface area contributed by atoms with Crippen LogP contribution in [-0.2, 0) is 6.54 Å². The van der Waals surface area contributed by atoms with Gasteiger partial charge in [0.1, 0.15) is 0 Å². The summed E-state index contributed by atoms with van der Waals surface area (Å²) in [5, 5.41) is 9.34. The van der Waals surface area contributed by atoms with Crippen molar-refractivity contribution in [3.8, 4) is 0 Å². The molecule has 0 saturated carbocycles. The summed E-state index contributed by atoms with van der Waals surface area (Å²) in [5.74, 6) is 0.713. The zero-order valence-corrected chi connectivity index (χ0v) is 21.1. The number of nitrogens with zero attached hydrogens (tertiary/aromatic N) is 4. The highest BCUT2D eigenvalue weighted by Gasteiger charge is 2.26. The number of hydrogen-bond acceptors (Lipinski definition) is 6. The molecule has 9 heteroatoms. The SMILES string of the molecule is CC(=O)c1c(C)[nH]c(C(=O)[C@@H](C)Sc2nnc3n(CCC(C)C)c(=O)c4ccccc4n23)c1C. The fraction of sp³-hybridized carbons (Fsp3) is 0.400. The molecule has 0 aliphatic carbocycles. The predicted octanol–water partition coefficient (Wildman–Crippen LogP) is 4.60. The van der Waals surface area contributed by atoms with Gasteiger partial charge in [-0.3, -0.25) is 23.4 Å². The third-order valence-electron chi connectivity index (χ3n) is 6.10. The molecular weight excluding hydrogens is 450 g/mol. The van der Waals surface area contributed by atoms with Crippen molar-refractivity contribution in [1.29, 1.82) is 0 Å². The molecule has 0 aliphatic rings. The second-order valence-electron chi connectivity index (χ2n) is 9.08. The number of H-pyrrole nitrogens is 1. The molecule has 0 spiro atoms. The minimum atomic E-state index is -0.487. The molecule has 0 radical (unpaired) electrons. The summed E-state index contributed by atoms with van der Waals surface area (Å²) in [6.45, 7) is 11.7. The number of hydrogen-bond donors (Lipinski definition) is 1. The standard InChI is InChI=1S/C25H29N5O3S/c1-13(2)11-12-29-23(33)18-9-7-8-10-19(18)30-24(29)27-28-25(30)34-17(6)22(32)21-14(3)20(16(5)31)15(4)26-21/h7-10,13,17,26H,11-12H2,1-6H3/t17-/m1/s1. The Kier molecular flexibility index (Phi) is 6.49. The number of Topliss-reactive ketones (excluding diaryl/α,β-unsaturated/α-hetero) is 2. The molecule has 1 atom stereocenters. The number of fused-ring (bicyclic) bond motifs is 3. The summed E-state index contributed by atoms with van der Waals surface area (Å²) in [5.41, 5.74) is 2.98. The normalized spacial score (nSPS) is 12.7. The van der Waals surface area contributed by atoms with Crippen LogP contribution in [0.25, 0.3) is 16.7 Å². The molecular formula is C25H29N5O3S. The minimum absolute atomic E-state index is 0.0695. The van der Waals surface area contributed by atoms with Gasteiger partial charge in [0.15, 0.2) is 16.7 Å². The van der Waals surface area contributed by atoms with Crippen LogP contribution in [0.15, 0.2) is 34.2 Å². The number of para-hydroxylation sites is 1. The quantitative estimate of drug-likeness (QED) is 0.293. The van der Waals surface area contributed by atoms with E-state index in [0.29, 0.717) is 56.8 Å². The molecule has 3 aromatic heterocycles. The van der Waals surface area contributed by atoms with Gasteiger partial charge in [-0.2, -0.15) is 0 Å². The van der Waals surface area contributed by atoms with E-state index in [1.807, 2.05) is 29.5 Å². The molecule has 4 aromatic rings. The Bertz CT molecular complexity index is 1480. The maximum Gasteiger partial charge on any atom is 0.262 e. The van der Waals surface area contributed by atoms with Crippen LogP contribution in [0, 0.1) is 19.8 Å². The lowest BCUT2D eigenvalue weighted by molar-refractivity contribution is 0.0988. The summed E-state index contributed by atoms with van der Waals surface area (Å²) >= 11 is 1.29. The topological polar surface area (TPSA) is 102 Å². The van der Waals surface area contributed by atoms with E-state index in [0.717, 1.165) is 6.42 Å². The number of aryl methyl sites for hydroxylation is 2. The van der Waals surface area contributed by atoms with Gasteiger partial charge in [0.25, 0.3) is 5.56 Å². The first kappa shape index (κ1) is 23.9. The Balaban J connectivity index is 1.77. The van der Waals surface area contributed by atoms with Gasteiger partial charge >= 0.3 is 0 Å². The van der Waals surface area contributed by atoms with E-state index >= 15 is 0 Å². The number of carbonyl (C=O) groups is 2. The number of rotatable bonds is 8. The Labute approximate surface area is 201 Å². The summed E-state index contributed by atoms with van der Waals surface area (Å²) < 4.78 is 3.53. The van der Waals surface area contributed by atoms with Crippen LogP contribution >= 0.6 is 11.8 Å². The minimum Gasteiger partial charge on any atom is -0.355 e. The highest BCUT2D eigenvalue weighted by molar-refractivity contribution is 8.00. The number of ketones is 2. The highest BCUT2D eigenvalue weighted by Crippen LogP contribution is 2.29. The largest absolute Gasteiger partial charge is 0.355 e. The molecule has 0 unspecified atom stereocenters. The molecule has 0 amide bonds. The molecule has 4 rings (SSSR count). The second kappa shape index (κ2) is 9.21. The number of aromatic nitrogens is 5. The number of benzene rings is 1. The number of aromatic amines is 1. The van der Waals surface area contributed by atoms with E-state index in [1.165, 1.54) is 18.7 Å². The van der Waals surface area contributed by atoms with Crippen LogP contribution in [0.2, 0.25) is 0 Å². The Morgan fingerprint density at radius 3 is 2.47 bits per heavy atom. The summed E-state index contributed by atoms with van der Waals surface area (Å²) in [6, 6.07) is 7.39. The van der Waals surface area contributed by atoms with Gasteiger partial charge in [0.05, 0.1) is 21.8 Å². The summed E-state index contributed by atoms with van der Waals surface area (Å²) in [6.07, 6.45) is 0.835.